The Balaban J connectivity index is 2.11. The number of nitrogens with zero attached hydrogens (tertiary/aromatic N) is 2. The smallest absolute Gasteiger partial charge is 0.417 e. The molecule has 3 N–H and O–H groups in total. The number of carboxylic acid groups (broad SMARTS) is 1. The lowest BCUT2D eigenvalue weighted by atomic mass is 10.1. The first kappa shape index (κ1) is 20.5. The fourth-order valence-corrected chi connectivity index (χ4v) is 3.02. The molecule has 0 saturated heterocycles. The van der Waals surface area contributed by atoms with Gasteiger partial charge in [0.25, 0.3) is 5.91 Å². The highest BCUT2D eigenvalue weighted by atomic mass is 35.5. The highest BCUT2D eigenvalue weighted by Gasteiger charge is 2.33. The standard InChI is InChI=1S/C18H13ClF3N3O4/c1-2-12-14(16(27)23-9-3-4-13(26)10(6-9)17(28)29)25-7-8(18(20,21)22)5-11(19)15(25)24-12/h3-7,26H,2H2,1H3,(H,23,27)(H,28,29). The van der Waals surface area contributed by atoms with Gasteiger partial charge >= 0.3 is 12.1 Å². The van der Waals surface area contributed by atoms with E-state index in [-0.39, 0.29) is 34.2 Å². The van der Waals surface area contributed by atoms with Crippen LogP contribution in [-0.4, -0.2) is 31.5 Å². The Bertz CT molecular complexity index is 1140. The number of pyridine rings is 1. The molecule has 29 heavy (non-hydrogen) atoms. The topological polar surface area (TPSA) is 104 Å². The van der Waals surface area contributed by atoms with E-state index in [1.165, 1.54) is 6.07 Å². The SMILES string of the molecule is CCc1nc2c(Cl)cc(C(F)(F)F)cn2c1C(=O)Nc1ccc(O)c(C(=O)O)c1. The van der Waals surface area contributed by atoms with Crippen molar-refractivity contribution in [2.45, 2.75) is 19.5 Å². The maximum atomic E-state index is 13.1. The zero-order chi connectivity index (χ0) is 21.5. The molecule has 0 aliphatic rings. The number of nitrogens with one attached hydrogen (secondary N) is 1. The largest absolute Gasteiger partial charge is 0.507 e. The van der Waals surface area contributed by atoms with E-state index >= 15 is 0 Å². The molecule has 1 aromatic carbocycles. The molecule has 0 aliphatic carbocycles. The molecular weight excluding hydrogens is 415 g/mol. The molecule has 152 valence electrons. The van der Waals surface area contributed by atoms with Gasteiger partial charge in [0, 0.05) is 11.9 Å². The number of aromatic hydroxyl groups is 1. The number of phenols is 1. The van der Waals surface area contributed by atoms with Crippen molar-refractivity contribution in [3.8, 4) is 5.75 Å². The number of hydrogen-bond donors (Lipinski definition) is 3. The van der Waals surface area contributed by atoms with E-state index in [9.17, 15) is 27.9 Å². The molecule has 3 aromatic rings. The van der Waals surface area contributed by atoms with Gasteiger partial charge < -0.3 is 15.5 Å². The molecule has 3 rings (SSSR count). The molecule has 0 bridgehead atoms. The number of carbonyl (C=O) groups is 2. The van der Waals surface area contributed by atoms with Gasteiger partial charge in [-0.2, -0.15) is 13.2 Å². The van der Waals surface area contributed by atoms with E-state index in [0.717, 1.165) is 28.8 Å². The first-order valence-corrected chi connectivity index (χ1v) is 8.56. The lowest BCUT2D eigenvalue weighted by molar-refractivity contribution is -0.137. The molecule has 0 radical (unpaired) electrons. The second-order valence-corrected chi connectivity index (χ2v) is 6.43. The van der Waals surface area contributed by atoms with Crippen molar-refractivity contribution in [2.24, 2.45) is 0 Å². The summed E-state index contributed by atoms with van der Waals surface area (Å²) in [7, 11) is 0. The van der Waals surface area contributed by atoms with Gasteiger partial charge in [0.2, 0.25) is 0 Å². The molecule has 0 atom stereocenters. The molecule has 0 unspecified atom stereocenters. The van der Waals surface area contributed by atoms with E-state index in [4.69, 9.17) is 16.7 Å². The minimum absolute atomic E-state index is 0.0152. The summed E-state index contributed by atoms with van der Waals surface area (Å²) in [5, 5.41) is 20.8. The van der Waals surface area contributed by atoms with Crippen LogP contribution in [0, 0.1) is 0 Å². The van der Waals surface area contributed by atoms with Crippen LogP contribution in [0.4, 0.5) is 18.9 Å². The van der Waals surface area contributed by atoms with Gasteiger partial charge in [0.15, 0.2) is 5.65 Å². The second-order valence-electron chi connectivity index (χ2n) is 6.02. The summed E-state index contributed by atoms with van der Waals surface area (Å²) in [4.78, 5) is 28.1. The molecule has 11 heteroatoms. The fourth-order valence-electron chi connectivity index (χ4n) is 2.77. The summed E-state index contributed by atoms with van der Waals surface area (Å²) >= 11 is 5.94. The van der Waals surface area contributed by atoms with Crippen LogP contribution >= 0.6 is 11.6 Å². The number of aromatic nitrogens is 2. The molecule has 2 aromatic heterocycles. The number of alkyl halides is 3. The van der Waals surface area contributed by atoms with Crippen LogP contribution in [-0.2, 0) is 12.6 Å². The van der Waals surface area contributed by atoms with Crippen LogP contribution in [0.3, 0.4) is 0 Å². The maximum absolute atomic E-state index is 13.1. The number of aryl methyl sites for hydroxylation is 1. The number of carbonyl (C=O) groups excluding carboxylic acids is 1. The van der Waals surface area contributed by atoms with Crippen molar-refractivity contribution < 1.29 is 33.0 Å². The number of rotatable bonds is 4. The number of benzene rings is 1. The number of fused-ring (bicyclic) bond motifs is 1. The zero-order valence-electron chi connectivity index (χ0n) is 14.7. The predicted molar refractivity (Wildman–Crippen MR) is 97.6 cm³/mol. The molecule has 0 fully saturated rings. The molecule has 7 nitrogen and oxygen atoms in total. The highest BCUT2D eigenvalue weighted by molar-refractivity contribution is 6.33. The van der Waals surface area contributed by atoms with Gasteiger partial charge in [-0.1, -0.05) is 18.5 Å². The Kier molecular flexibility index (Phi) is 5.14. The van der Waals surface area contributed by atoms with Crippen molar-refractivity contribution >= 4 is 34.8 Å². The second kappa shape index (κ2) is 7.28. The minimum Gasteiger partial charge on any atom is -0.507 e. The lowest BCUT2D eigenvalue weighted by Gasteiger charge is -2.11. The van der Waals surface area contributed by atoms with Crippen LogP contribution in [0.15, 0.2) is 30.5 Å². The van der Waals surface area contributed by atoms with Crippen LogP contribution < -0.4 is 5.32 Å². The summed E-state index contributed by atoms with van der Waals surface area (Å²) in [6.07, 6.45) is -3.73. The van der Waals surface area contributed by atoms with E-state index in [1.54, 1.807) is 6.92 Å². The number of hydrogen-bond acceptors (Lipinski definition) is 4. The Morgan fingerprint density at radius 3 is 2.55 bits per heavy atom. The van der Waals surface area contributed by atoms with Gasteiger partial charge in [0.05, 0.1) is 16.3 Å². The van der Waals surface area contributed by atoms with Gasteiger partial charge in [-0.15, -0.1) is 0 Å². The summed E-state index contributed by atoms with van der Waals surface area (Å²) in [5.41, 5.74) is -1.44. The summed E-state index contributed by atoms with van der Waals surface area (Å²) in [5.74, 6) is -2.72. The van der Waals surface area contributed by atoms with E-state index in [1.807, 2.05) is 0 Å². The van der Waals surface area contributed by atoms with Crippen molar-refractivity contribution in [1.82, 2.24) is 9.38 Å². The maximum Gasteiger partial charge on any atom is 0.417 e. The average Bonchev–Trinajstić information content (AvgIpc) is 3.01. The summed E-state index contributed by atoms with van der Waals surface area (Å²) in [6, 6.07) is 4.08. The Morgan fingerprint density at radius 2 is 1.97 bits per heavy atom. The third-order valence-corrected chi connectivity index (χ3v) is 4.39. The van der Waals surface area contributed by atoms with Gasteiger partial charge in [-0.05, 0) is 30.7 Å². The molecule has 0 spiro atoms. The number of carboxylic acids is 1. The Labute approximate surface area is 166 Å². The quantitative estimate of drug-likeness (QED) is 0.541. The molecule has 1 amide bonds. The van der Waals surface area contributed by atoms with Crippen molar-refractivity contribution in [2.75, 3.05) is 5.32 Å². The number of anilines is 1. The lowest BCUT2D eigenvalue weighted by Crippen LogP contribution is -2.17. The van der Waals surface area contributed by atoms with Crippen molar-refractivity contribution in [1.29, 1.82) is 0 Å². The van der Waals surface area contributed by atoms with Crippen molar-refractivity contribution in [3.63, 3.8) is 0 Å². The van der Waals surface area contributed by atoms with Crippen LogP contribution in [0.2, 0.25) is 5.02 Å². The van der Waals surface area contributed by atoms with Gasteiger partial charge in [-0.25, -0.2) is 9.78 Å². The first-order valence-electron chi connectivity index (χ1n) is 8.18. The third-order valence-electron chi connectivity index (χ3n) is 4.11. The van der Waals surface area contributed by atoms with Crippen LogP contribution in [0.25, 0.3) is 5.65 Å². The first-order chi connectivity index (χ1) is 13.5. The number of amides is 1. The molecular formula is C18H13ClF3N3O4. The summed E-state index contributed by atoms with van der Waals surface area (Å²) < 4.78 is 40.4. The van der Waals surface area contributed by atoms with E-state index in [2.05, 4.69) is 10.3 Å². The molecule has 0 aliphatic heterocycles. The fraction of sp³-hybridized carbons (Fsp3) is 0.167. The third kappa shape index (κ3) is 3.83. The highest BCUT2D eigenvalue weighted by Crippen LogP contribution is 2.33. The Hall–Kier alpha value is -3.27. The van der Waals surface area contributed by atoms with Crippen LogP contribution in [0.5, 0.6) is 5.75 Å². The molecule has 2 heterocycles. The van der Waals surface area contributed by atoms with Crippen molar-refractivity contribution in [3.05, 3.63) is 58.0 Å². The zero-order valence-corrected chi connectivity index (χ0v) is 15.5. The average molecular weight is 428 g/mol. The number of aromatic carboxylic acids is 1. The monoisotopic (exact) mass is 427 g/mol. The normalized spacial score (nSPS) is 11.6. The van der Waals surface area contributed by atoms with E-state index in [0.29, 0.717) is 0 Å². The number of imidazole rings is 1. The molecule has 0 saturated carbocycles. The van der Waals surface area contributed by atoms with Gasteiger partial charge in [0.1, 0.15) is 17.0 Å². The Morgan fingerprint density at radius 1 is 1.28 bits per heavy atom. The minimum atomic E-state index is -4.68. The predicted octanol–water partition coefficient (Wildman–Crippen LogP) is 4.23. The number of halogens is 4. The van der Waals surface area contributed by atoms with Gasteiger partial charge in [-0.3, -0.25) is 9.20 Å². The van der Waals surface area contributed by atoms with E-state index < -0.39 is 34.9 Å². The van der Waals surface area contributed by atoms with Crippen LogP contribution in [0.1, 0.15) is 39.0 Å². The summed E-state index contributed by atoms with van der Waals surface area (Å²) in [6.45, 7) is 1.67.